The first-order valence-corrected chi connectivity index (χ1v) is 10.1. The molecule has 4 rings (SSSR count). The van der Waals surface area contributed by atoms with Gasteiger partial charge in [-0.3, -0.25) is 4.79 Å². The summed E-state index contributed by atoms with van der Waals surface area (Å²) in [5.74, 6) is 2.06. The molecule has 0 bridgehead atoms. The summed E-state index contributed by atoms with van der Waals surface area (Å²) in [6.45, 7) is 5.14. The van der Waals surface area contributed by atoms with Crippen molar-refractivity contribution >= 4 is 17.5 Å². The van der Waals surface area contributed by atoms with Crippen molar-refractivity contribution in [1.29, 1.82) is 0 Å². The van der Waals surface area contributed by atoms with E-state index in [4.69, 9.17) is 9.72 Å². The van der Waals surface area contributed by atoms with E-state index in [2.05, 4.69) is 29.0 Å². The van der Waals surface area contributed by atoms with Crippen LogP contribution in [-0.2, 0) is 9.53 Å². The largest absolute Gasteiger partial charge is 0.375 e. The van der Waals surface area contributed by atoms with E-state index in [0.29, 0.717) is 0 Å². The van der Waals surface area contributed by atoms with Gasteiger partial charge in [-0.2, -0.15) is 0 Å². The number of carbonyl (C=O) groups is 1. The summed E-state index contributed by atoms with van der Waals surface area (Å²) < 4.78 is 17.8. The number of ether oxygens (including phenoxy) is 1. The van der Waals surface area contributed by atoms with Crippen LogP contribution in [0.1, 0.15) is 37.7 Å². The van der Waals surface area contributed by atoms with Crippen molar-refractivity contribution in [3.05, 3.63) is 17.7 Å². The molecule has 1 aromatic rings. The van der Waals surface area contributed by atoms with E-state index in [1.54, 1.807) is 0 Å². The molecule has 2 unspecified atom stereocenters. The lowest BCUT2D eigenvalue weighted by atomic mass is 9.88. The SMILES string of the molecule is CCN1CCC2C(C1=O)c1ccc(N3CCC(OCC[18F])CC3)nc1N2C. The minimum atomic E-state index is -0.421. The Morgan fingerprint density at radius 3 is 2.70 bits per heavy atom. The maximum absolute atomic E-state index is 12.9. The molecule has 1 aromatic heterocycles. The zero-order chi connectivity index (χ0) is 19.0. The topological polar surface area (TPSA) is 48.9 Å². The van der Waals surface area contributed by atoms with Gasteiger partial charge in [0.25, 0.3) is 0 Å². The molecule has 3 aliphatic heterocycles. The van der Waals surface area contributed by atoms with E-state index in [1.165, 1.54) is 0 Å². The predicted octanol–water partition coefficient (Wildman–Crippen LogP) is 2.19. The van der Waals surface area contributed by atoms with Crippen molar-refractivity contribution in [2.75, 3.05) is 56.3 Å². The molecular weight excluding hydrogens is 346 g/mol. The number of likely N-dealkylation sites (tertiary alicyclic amines) is 1. The highest BCUT2D eigenvalue weighted by Crippen LogP contribution is 2.44. The standard InChI is InChI=1S/C20H29FN4O2/c1-3-24-12-8-16-18(20(24)26)15-4-5-17(22-19(15)23(16)2)25-10-6-14(7-11-25)27-13-9-21/h4-5,14,16,18H,3,6-13H2,1-2H3/i21-1. The fourth-order valence-corrected chi connectivity index (χ4v) is 4.77. The van der Waals surface area contributed by atoms with Gasteiger partial charge in [-0.25, -0.2) is 9.37 Å². The van der Waals surface area contributed by atoms with Crippen molar-refractivity contribution in [3.63, 3.8) is 0 Å². The van der Waals surface area contributed by atoms with Crippen LogP contribution in [0.25, 0.3) is 0 Å². The number of rotatable bonds is 5. The minimum absolute atomic E-state index is 0.0833. The highest BCUT2D eigenvalue weighted by Gasteiger charge is 2.46. The number of halogens is 1. The molecular formula is C20H29FN4O2. The molecule has 0 N–H and O–H groups in total. The number of aromatic nitrogens is 1. The van der Waals surface area contributed by atoms with Crippen molar-refractivity contribution < 1.29 is 13.9 Å². The summed E-state index contributed by atoms with van der Waals surface area (Å²) in [7, 11) is 2.06. The third-order valence-corrected chi connectivity index (χ3v) is 6.29. The van der Waals surface area contributed by atoms with Crippen LogP contribution >= 0.6 is 0 Å². The first kappa shape index (κ1) is 18.5. The van der Waals surface area contributed by atoms with Crippen molar-refractivity contribution in [1.82, 2.24) is 9.88 Å². The fraction of sp³-hybridized carbons (Fsp3) is 0.700. The summed E-state index contributed by atoms with van der Waals surface area (Å²) >= 11 is 0. The number of piperidine rings is 2. The number of carbonyl (C=O) groups excluding carboxylic acids is 1. The smallest absolute Gasteiger partial charge is 0.232 e. The van der Waals surface area contributed by atoms with E-state index in [1.807, 2.05) is 11.8 Å². The fourth-order valence-electron chi connectivity index (χ4n) is 4.77. The van der Waals surface area contributed by atoms with Crippen LogP contribution in [0.15, 0.2) is 12.1 Å². The van der Waals surface area contributed by atoms with E-state index < -0.39 is 6.67 Å². The number of hydrogen-bond donors (Lipinski definition) is 0. The molecule has 0 radical (unpaired) electrons. The number of likely N-dealkylation sites (N-methyl/N-ethyl adjacent to an activating group) is 2. The van der Waals surface area contributed by atoms with E-state index in [0.717, 1.165) is 62.6 Å². The van der Waals surface area contributed by atoms with E-state index in [9.17, 15) is 9.18 Å². The summed E-state index contributed by atoms with van der Waals surface area (Å²) in [6, 6.07) is 4.37. The van der Waals surface area contributed by atoms with Gasteiger partial charge in [0.1, 0.15) is 18.3 Å². The molecule has 0 saturated carbocycles. The van der Waals surface area contributed by atoms with Crippen LogP contribution in [-0.4, -0.2) is 74.4 Å². The van der Waals surface area contributed by atoms with Gasteiger partial charge in [0.15, 0.2) is 0 Å². The molecule has 4 heterocycles. The van der Waals surface area contributed by atoms with Crippen molar-refractivity contribution in [2.24, 2.45) is 0 Å². The third kappa shape index (κ3) is 3.26. The quantitative estimate of drug-likeness (QED) is 0.790. The lowest BCUT2D eigenvalue weighted by molar-refractivity contribution is -0.135. The van der Waals surface area contributed by atoms with Crippen molar-refractivity contribution in [2.45, 2.75) is 44.2 Å². The van der Waals surface area contributed by atoms with Crippen LogP contribution < -0.4 is 9.80 Å². The van der Waals surface area contributed by atoms with Crippen LogP contribution in [0, 0.1) is 0 Å². The molecule has 0 aliphatic carbocycles. The second kappa shape index (κ2) is 7.62. The number of pyridine rings is 1. The van der Waals surface area contributed by atoms with Gasteiger partial charge in [-0.15, -0.1) is 0 Å². The Kier molecular flexibility index (Phi) is 5.21. The molecule has 148 valence electrons. The lowest BCUT2D eigenvalue weighted by Crippen LogP contribution is -2.48. The van der Waals surface area contributed by atoms with Gasteiger partial charge in [-0.05, 0) is 32.3 Å². The number of amides is 1. The first-order chi connectivity index (χ1) is 13.1. The molecule has 0 aromatic carbocycles. The lowest BCUT2D eigenvalue weighted by Gasteiger charge is -2.36. The van der Waals surface area contributed by atoms with Crippen LogP contribution in [0.5, 0.6) is 0 Å². The highest BCUT2D eigenvalue weighted by molar-refractivity contribution is 5.90. The average molecular weight is 375 g/mol. The summed E-state index contributed by atoms with van der Waals surface area (Å²) in [6.07, 6.45) is 2.92. The molecule has 2 atom stereocenters. The van der Waals surface area contributed by atoms with E-state index in [-0.39, 0.29) is 30.6 Å². The van der Waals surface area contributed by atoms with Crippen LogP contribution in [0.4, 0.5) is 16.0 Å². The minimum Gasteiger partial charge on any atom is -0.375 e. The van der Waals surface area contributed by atoms with E-state index >= 15 is 0 Å². The number of hydrogen-bond acceptors (Lipinski definition) is 5. The van der Waals surface area contributed by atoms with Crippen molar-refractivity contribution in [3.8, 4) is 0 Å². The van der Waals surface area contributed by atoms with Gasteiger partial charge in [0, 0.05) is 44.8 Å². The molecule has 2 fully saturated rings. The van der Waals surface area contributed by atoms with Gasteiger partial charge in [0.2, 0.25) is 5.91 Å². The molecule has 27 heavy (non-hydrogen) atoms. The second-order valence-corrected chi connectivity index (χ2v) is 7.69. The summed E-state index contributed by atoms with van der Waals surface area (Å²) in [4.78, 5) is 24.2. The Hall–Kier alpha value is -1.89. The van der Waals surface area contributed by atoms with Crippen LogP contribution in [0.2, 0.25) is 0 Å². The normalized spacial score (nSPS) is 25.7. The number of alkyl halides is 1. The summed E-state index contributed by atoms with van der Waals surface area (Å²) in [5, 5.41) is 0. The molecule has 7 heteroatoms. The Bertz CT molecular complexity index is 693. The average Bonchev–Trinajstić information content (AvgIpc) is 2.99. The highest BCUT2D eigenvalue weighted by atomic mass is 18.2. The molecule has 6 nitrogen and oxygen atoms in total. The Morgan fingerprint density at radius 2 is 2.00 bits per heavy atom. The number of fused-ring (bicyclic) bond motifs is 3. The monoisotopic (exact) mass is 375 g/mol. The van der Waals surface area contributed by atoms with Gasteiger partial charge in [-0.1, -0.05) is 6.07 Å². The Morgan fingerprint density at radius 1 is 1.22 bits per heavy atom. The van der Waals surface area contributed by atoms with Gasteiger partial charge < -0.3 is 19.4 Å². The zero-order valence-corrected chi connectivity index (χ0v) is 16.2. The van der Waals surface area contributed by atoms with Crippen LogP contribution in [0.3, 0.4) is 0 Å². The van der Waals surface area contributed by atoms with Gasteiger partial charge >= 0.3 is 0 Å². The molecule has 2 saturated heterocycles. The first-order valence-electron chi connectivity index (χ1n) is 10.1. The number of anilines is 2. The Balaban J connectivity index is 1.50. The maximum Gasteiger partial charge on any atom is 0.232 e. The third-order valence-electron chi connectivity index (χ3n) is 6.29. The molecule has 0 spiro atoms. The van der Waals surface area contributed by atoms with Gasteiger partial charge in [0.05, 0.1) is 18.6 Å². The Labute approximate surface area is 160 Å². The summed E-state index contributed by atoms with van der Waals surface area (Å²) in [5.41, 5.74) is 1.07. The predicted molar refractivity (Wildman–Crippen MR) is 103 cm³/mol. The number of nitrogens with zero attached hydrogens (tertiary/aromatic N) is 4. The molecule has 1 amide bonds. The zero-order valence-electron chi connectivity index (χ0n) is 16.2. The second-order valence-electron chi connectivity index (χ2n) is 7.69. The maximum atomic E-state index is 12.9. The molecule has 3 aliphatic rings.